The van der Waals surface area contributed by atoms with Gasteiger partial charge in [-0.1, -0.05) is 24.6 Å². The second kappa shape index (κ2) is 7.76. The van der Waals surface area contributed by atoms with E-state index in [1.54, 1.807) is 6.07 Å². The van der Waals surface area contributed by atoms with E-state index in [9.17, 15) is 13.2 Å². The van der Waals surface area contributed by atoms with E-state index in [2.05, 4.69) is 24.5 Å². The topological polar surface area (TPSA) is 35.3 Å². The molecular weight excluding hydrogens is 357 g/mol. The number of aromatic nitrogens is 1. The first-order valence-electron chi connectivity index (χ1n) is 9.14. The van der Waals surface area contributed by atoms with Gasteiger partial charge < -0.3 is 9.26 Å². The molecule has 1 aromatic carbocycles. The summed E-state index contributed by atoms with van der Waals surface area (Å²) >= 11 is 0. The van der Waals surface area contributed by atoms with Gasteiger partial charge in [-0.15, -0.1) is 0 Å². The number of nitrogens with zero attached hydrogens (tertiary/aromatic N) is 2. The summed E-state index contributed by atoms with van der Waals surface area (Å²) in [6.07, 6.45) is 6.01. The molecule has 27 heavy (non-hydrogen) atoms. The average molecular weight is 381 g/mol. The second-order valence-electron chi connectivity index (χ2n) is 7.06. The first kappa shape index (κ1) is 19.5. The monoisotopic (exact) mass is 381 g/mol. The number of fused-ring (bicyclic) bond motifs is 1. The van der Waals surface area contributed by atoms with Crippen LogP contribution in [0.3, 0.4) is 0 Å². The van der Waals surface area contributed by atoms with Crippen LogP contribution < -0.4 is 4.74 Å². The molecule has 1 aromatic heterocycles. The fraction of sp³-hybridized carbons (Fsp3) is 0.450. The average Bonchev–Trinajstić information content (AvgIpc) is 3.05. The Balaban J connectivity index is 1.73. The molecule has 0 aliphatic carbocycles. The minimum Gasteiger partial charge on any atom is -0.493 e. The largest absolute Gasteiger partial charge is 0.493 e. The molecular formula is C20H24F3N2O2+. The van der Waals surface area contributed by atoms with Gasteiger partial charge in [0.05, 0.1) is 31.8 Å². The first-order valence-corrected chi connectivity index (χ1v) is 9.14. The number of quaternary nitrogens is 1. The van der Waals surface area contributed by atoms with Crippen molar-refractivity contribution < 1.29 is 26.9 Å². The van der Waals surface area contributed by atoms with Crippen molar-refractivity contribution in [2.75, 3.05) is 26.7 Å². The van der Waals surface area contributed by atoms with Crippen molar-refractivity contribution >= 4 is 11.0 Å². The number of allylic oxidation sites excluding steroid dienone is 2. The molecule has 3 rings (SSSR count). The molecule has 4 nitrogen and oxygen atoms in total. The molecule has 2 aromatic rings. The fourth-order valence-electron chi connectivity index (χ4n) is 3.34. The number of alkyl halides is 3. The van der Waals surface area contributed by atoms with Gasteiger partial charge in [-0.3, -0.25) is 4.48 Å². The molecule has 1 atom stereocenters. The van der Waals surface area contributed by atoms with Crippen LogP contribution in [0.25, 0.3) is 11.0 Å². The number of hydrogen-bond acceptors (Lipinski definition) is 3. The smallest absolute Gasteiger partial charge is 0.437 e. The van der Waals surface area contributed by atoms with E-state index in [0.29, 0.717) is 24.3 Å². The van der Waals surface area contributed by atoms with Gasteiger partial charge >= 0.3 is 6.18 Å². The molecule has 2 heterocycles. The zero-order chi connectivity index (χ0) is 19.5. The van der Waals surface area contributed by atoms with Gasteiger partial charge in [0.15, 0.2) is 11.3 Å². The van der Waals surface area contributed by atoms with E-state index < -0.39 is 11.9 Å². The maximum absolute atomic E-state index is 13.1. The van der Waals surface area contributed by atoms with E-state index >= 15 is 0 Å². The summed E-state index contributed by atoms with van der Waals surface area (Å²) in [4.78, 5) is 0. The number of benzene rings is 1. The van der Waals surface area contributed by atoms with Crippen molar-refractivity contribution in [1.82, 2.24) is 5.16 Å². The Bertz CT molecular complexity index is 855. The standard InChI is InChI=1S/C20H24F3N2O2/c1-3-8-15-17(26-14-7-13-25(2)11-5-4-6-12-25)10-9-16-18(15)27-24-19(16)20(21,22)23/h4-6,9-11H,3,7-8,12-14H2,1-2H3/q+1. The van der Waals surface area contributed by atoms with Gasteiger partial charge in [0.25, 0.3) is 0 Å². The number of ether oxygens (including phenoxy) is 1. The molecule has 146 valence electrons. The van der Waals surface area contributed by atoms with Crippen molar-refractivity contribution in [2.24, 2.45) is 0 Å². The summed E-state index contributed by atoms with van der Waals surface area (Å²) in [5.74, 6) is 0.575. The summed E-state index contributed by atoms with van der Waals surface area (Å²) in [6.45, 7) is 4.33. The number of rotatable bonds is 7. The van der Waals surface area contributed by atoms with Crippen LogP contribution in [0.15, 0.2) is 41.1 Å². The molecule has 0 saturated carbocycles. The Morgan fingerprint density at radius 2 is 2.07 bits per heavy atom. The fourth-order valence-corrected chi connectivity index (χ4v) is 3.34. The molecule has 0 fully saturated rings. The van der Waals surface area contributed by atoms with Crippen molar-refractivity contribution in [2.45, 2.75) is 32.4 Å². The Morgan fingerprint density at radius 1 is 1.26 bits per heavy atom. The summed E-state index contributed by atoms with van der Waals surface area (Å²) in [6, 6.07) is 2.98. The predicted octanol–water partition coefficient (Wildman–Crippen LogP) is 5.10. The zero-order valence-corrected chi connectivity index (χ0v) is 15.6. The van der Waals surface area contributed by atoms with E-state index in [1.807, 2.05) is 19.1 Å². The van der Waals surface area contributed by atoms with Gasteiger partial charge in [0.1, 0.15) is 12.3 Å². The number of likely N-dealkylation sites (N-methyl/N-ethyl adjacent to an activating group) is 1. The molecule has 1 unspecified atom stereocenters. The molecule has 0 N–H and O–H groups in total. The van der Waals surface area contributed by atoms with Crippen LogP contribution in [-0.4, -0.2) is 36.4 Å². The number of hydrogen-bond donors (Lipinski definition) is 0. The molecule has 1 aliphatic rings. The van der Waals surface area contributed by atoms with Gasteiger partial charge in [0.2, 0.25) is 0 Å². The molecule has 0 spiro atoms. The minimum absolute atomic E-state index is 0.0124. The highest BCUT2D eigenvalue weighted by Gasteiger charge is 2.37. The van der Waals surface area contributed by atoms with Gasteiger partial charge in [-0.25, -0.2) is 0 Å². The SMILES string of the molecule is CCCc1c(OCCC[N+]2(C)C=CC=CC2)ccc2c(C(F)(F)F)noc12. The van der Waals surface area contributed by atoms with Crippen LogP contribution >= 0.6 is 0 Å². The highest BCUT2D eigenvalue weighted by Crippen LogP contribution is 2.38. The molecule has 0 radical (unpaired) electrons. The lowest BCUT2D eigenvalue weighted by molar-refractivity contribution is -0.854. The maximum Gasteiger partial charge on any atom is 0.437 e. The molecule has 0 bridgehead atoms. The van der Waals surface area contributed by atoms with Crippen molar-refractivity contribution in [1.29, 1.82) is 0 Å². The third-order valence-corrected chi connectivity index (χ3v) is 4.76. The third-order valence-electron chi connectivity index (χ3n) is 4.76. The Hall–Kier alpha value is -2.28. The van der Waals surface area contributed by atoms with Crippen molar-refractivity contribution in [3.63, 3.8) is 0 Å². The predicted molar refractivity (Wildman–Crippen MR) is 97.3 cm³/mol. The van der Waals surface area contributed by atoms with Crippen LogP contribution in [0.2, 0.25) is 0 Å². The Kier molecular flexibility index (Phi) is 5.60. The van der Waals surface area contributed by atoms with Gasteiger partial charge in [0, 0.05) is 12.0 Å². The highest BCUT2D eigenvalue weighted by molar-refractivity contribution is 5.85. The van der Waals surface area contributed by atoms with Crippen LogP contribution in [0.4, 0.5) is 13.2 Å². The quantitative estimate of drug-likeness (QED) is 0.495. The molecule has 0 saturated heterocycles. The molecule has 7 heteroatoms. The van der Waals surface area contributed by atoms with Gasteiger partial charge in [-0.2, -0.15) is 13.2 Å². The van der Waals surface area contributed by atoms with Crippen LogP contribution in [0, 0.1) is 0 Å². The van der Waals surface area contributed by atoms with Crippen molar-refractivity contribution in [3.8, 4) is 5.75 Å². The summed E-state index contributed by atoms with van der Waals surface area (Å²) in [7, 11) is 2.15. The Morgan fingerprint density at radius 3 is 2.74 bits per heavy atom. The van der Waals surface area contributed by atoms with E-state index in [0.717, 1.165) is 30.4 Å². The van der Waals surface area contributed by atoms with Crippen molar-refractivity contribution in [3.05, 3.63) is 47.8 Å². The lowest BCUT2D eigenvalue weighted by Gasteiger charge is -2.30. The van der Waals surface area contributed by atoms with E-state index in [4.69, 9.17) is 9.26 Å². The third kappa shape index (κ3) is 4.35. The number of halogens is 3. The van der Waals surface area contributed by atoms with E-state index in [-0.39, 0.29) is 11.0 Å². The lowest BCUT2D eigenvalue weighted by Crippen LogP contribution is -2.40. The summed E-state index contributed by atoms with van der Waals surface area (Å²) in [5, 5.41) is 3.23. The second-order valence-corrected chi connectivity index (χ2v) is 7.06. The zero-order valence-electron chi connectivity index (χ0n) is 15.6. The van der Waals surface area contributed by atoms with E-state index in [1.165, 1.54) is 6.07 Å². The van der Waals surface area contributed by atoms with Gasteiger partial charge in [-0.05, 0) is 30.7 Å². The maximum atomic E-state index is 13.1. The summed E-state index contributed by atoms with van der Waals surface area (Å²) < 4.78 is 51.0. The molecule has 1 aliphatic heterocycles. The first-order chi connectivity index (χ1) is 12.8. The van der Waals surface area contributed by atoms with Crippen LogP contribution in [0.1, 0.15) is 31.0 Å². The molecule has 0 amide bonds. The van der Waals surface area contributed by atoms with Crippen LogP contribution in [0.5, 0.6) is 5.75 Å². The minimum atomic E-state index is -4.54. The normalized spacial score (nSPS) is 19.7. The highest BCUT2D eigenvalue weighted by atomic mass is 19.4. The summed E-state index contributed by atoms with van der Waals surface area (Å²) in [5.41, 5.74) is -0.160. The Labute approximate surface area is 156 Å². The lowest BCUT2D eigenvalue weighted by atomic mass is 10.0. The number of aryl methyl sites for hydroxylation is 1. The van der Waals surface area contributed by atoms with Crippen LogP contribution in [-0.2, 0) is 12.6 Å².